The van der Waals surface area contributed by atoms with Crippen LogP contribution in [0.2, 0.25) is 5.02 Å². The van der Waals surface area contributed by atoms with Crippen molar-refractivity contribution < 1.29 is 4.79 Å². The Morgan fingerprint density at radius 3 is 2.91 bits per heavy atom. The number of aryl methyl sites for hydroxylation is 1. The van der Waals surface area contributed by atoms with Gasteiger partial charge in [-0.15, -0.1) is 0 Å². The molecular formula is C8H8ClNO. The SMILES string of the molecule is Cc1nc(CC=O)ccc1Cl. The van der Waals surface area contributed by atoms with E-state index in [4.69, 9.17) is 11.6 Å². The van der Waals surface area contributed by atoms with Crippen molar-refractivity contribution in [1.82, 2.24) is 4.98 Å². The molecule has 1 heterocycles. The van der Waals surface area contributed by atoms with Crippen molar-refractivity contribution in [3.05, 3.63) is 28.5 Å². The molecule has 0 unspecified atom stereocenters. The maximum absolute atomic E-state index is 10.1. The second-order valence-corrected chi connectivity index (χ2v) is 2.65. The van der Waals surface area contributed by atoms with E-state index in [1.165, 1.54) is 0 Å². The maximum atomic E-state index is 10.1. The summed E-state index contributed by atoms with van der Waals surface area (Å²) in [6.45, 7) is 1.82. The van der Waals surface area contributed by atoms with Gasteiger partial charge in [-0.2, -0.15) is 0 Å². The predicted octanol–water partition coefficient (Wildman–Crippen LogP) is 1.78. The number of aromatic nitrogens is 1. The molecule has 0 bridgehead atoms. The van der Waals surface area contributed by atoms with E-state index in [1.807, 2.05) is 6.92 Å². The second-order valence-electron chi connectivity index (χ2n) is 2.24. The summed E-state index contributed by atoms with van der Waals surface area (Å²) in [5, 5.41) is 0.639. The number of halogens is 1. The number of carbonyl (C=O) groups is 1. The Hall–Kier alpha value is -0.890. The first-order valence-electron chi connectivity index (χ1n) is 3.29. The van der Waals surface area contributed by atoms with Crippen LogP contribution >= 0.6 is 11.6 Å². The van der Waals surface area contributed by atoms with Crippen LogP contribution in [-0.4, -0.2) is 11.3 Å². The van der Waals surface area contributed by atoms with Crippen LogP contribution in [0.4, 0.5) is 0 Å². The molecule has 0 spiro atoms. The molecule has 0 saturated carbocycles. The van der Waals surface area contributed by atoms with Crippen LogP contribution in [0, 0.1) is 6.92 Å². The molecule has 11 heavy (non-hydrogen) atoms. The Balaban J connectivity index is 2.95. The predicted molar refractivity (Wildman–Crippen MR) is 43.8 cm³/mol. The fraction of sp³-hybridized carbons (Fsp3) is 0.250. The number of nitrogens with zero attached hydrogens (tertiary/aromatic N) is 1. The van der Waals surface area contributed by atoms with E-state index in [1.54, 1.807) is 12.1 Å². The monoisotopic (exact) mass is 169 g/mol. The first-order valence-corrected chi connectivity index (χ1v) is 3.67. The van der Waals surface area contributed by atoms with Gasteiger partial charge < -0.3 is 4.79 Å². The first kappa shape index (κ1) is 8.21. The van der Waals surface area contributed by atoms with Crippen LogP contribution in [0.3, 0.4) is 0 Å². The van der Waals surface area contributed by atoms with Gasteiger partial charge in [-0.1, -0.05) is 11.6 Å². The third-order valence-electron chi connectivity index (χ3n) is 1.37. The van der Waals surface area contributed by atoms with Crippen molar-refractivity contribution in [1.29, 1.82) is 0 Å². The summed E-state index contributed by atoms with van der Waals surface area (Å²) >= 11 is 5.73. The molecule has 0 aliphatic rings. The summed E-state index contributed by atoms with van der Waals surface area (Å²) in [7, 11) is 0. The van der Waals surface area contributed by atoms with Gasteiger partial charge in [0.25, 0.3) is 0 Å². The van der Waals surface area contributed by atoms with E-state index in [0.717, 1.165) is 17.7 Å². The molecule has 0 atom stereocenters. The van der Waals surface area contributed by atoms with Gasteiger partial charge in [-0.05, 0) is 19.1 Å². The fourth-order valence-corrected chi connectivity index (χ4v) is 0.900. The van der Waals surface area contributed by atoms with Crippen LogP contribution in [-0.2, 0) is 11.2 Å². The summed E-state index contributed by atoms with van der Waals surface area (Å²) in [5.41, 5.74) is 1.54. The molecule has 58 valence electrons. The van der Waals surface area contributed by atoms with Crippen molar-refractivity contribution >= 4 is 17.9 Å². The molecule has 0 aliphatic carbocycles. The zero-order valence-electron chi connectivity index (χ0n) is 6.17. The Bertz CT molecular complexity index is 273. The van der Waals surface area contributed by atoms with Gasteiger partial charge in [0.05, 0.1) is 10.7 Å². The highest BCUT2D eigenvalue weighted by atomic mass is 35.5. The Labute approximate surface area is 70.2 Å². The minimum atomic E-state index is 0.359. The summed E-state index contributed by atoms with van der Waals surface area (Å²) in [6.07, 6.45) is 1.19. The zero-order valence-corrected chi connectivity index (χ0v) is 6.93. The van der Waals surface area contributed by atoms with E-state index >= 15 is 0 Å². The Morgan fingerprint density at radius 2 is 2.36 bits per heavy atom. The number of carbonyl (C=O) groups excluding carboxylic acids is 1. The minimum Gasteiger partial charge on any atom is -0.303 e. The number of hydrogen-bond donors (Lipinski definition) is 0. The third kappa shape index (κ3) is 2.02. The maximum Gasteiger partial charge on any atom is 0.125 e. The zero-order chi connectivity index (χ0) is 8.27. The van der Waals surface area contributed by atoms with Gasteiger partial charge in [-0.3, -0.25) is 4.98 Å². The molecule has 0 saturated heterocycles. The number of hydrogen-bond acceptors (Lipinski definition) is 2. The van der Waals surface area contributed by atoms with Crippen molar-refractivity contribution in [3.8, 4) is 0 Å². The quantitative estimate of drug-likeness (QED) is 0.632. The van der Waals surface area contributed by atoms with Crippen molar-refractivity contribution in [3.63, 3.8) is 0 Å². The van der Waals surface area contributed by atoms with E-state index in [2.05, 4.69) is 4.98 Å². The highest BCUT2D eigenvalue weighted by molar-refractivity contribution is 6.31. The highest BCUT2D eigenvalue weighted by Crippen LogP contribution is 2.12. The molecule has 1 aromatic heterocycles. The lowest BCUT2D eigenvalue weighted by atomic mass is 10.2. The third-order valence-corrected chi connectivity index (χ3v) is 1.77. The average molecular weight is 170 g/mol. The van der Waals surface area contributed by atoms with Crippen molar-refractivity contribution in [2.24, 2.45) is 0 Å². The first-order chi connectivity index (χ1) is 5.24. The number of rotatable bonds is 2. The summed E-state index contributed by atoms with van der Waals surface area (Å²) in [4.78, 5) is 14.2. The molecule has 0 radical (unpaired) electrons. The lowest BCUT2D eigenvalue weighted by molar-refractivity contribution is -0.107. The molecule has 2 nitrogen and oxygen atoms in total. The van der Waals surface area contributed by atoms with Gasteiger partial charge in [0.2, 0.25) is 0 Å². The van der Waals surface area contributed by atoms with Crippen LogP contribution in [0.1, 0.15) is 11.4 Å². The van der Waals surface area contributed by atoms with Crippen molar-refractivity contribution in [2.75, 3.05) is 0 Å². The molecule has 0 aromatic carbocycles. The molecule has 0 N–H and O–H groups in total. The smallest absolute Gasteiger partial charge is 0.125 e. The van der Waals surface area contributed by atoms with Gasteiger partial charge in [-0.25, -0.2) is 0 Å². The molecular weight excluding hydrogens is 162 g/mol. The van der Waals surface area contributed by atoms with Gasteiger partial charge in [0.1, 0.15) is 6.29 Å². The molecule has 0 fully saturated rings. The van der Waals surface area contributed by atoms with Crippen molar-refractivity contribution in [2.45, 2.75) is 13.3 Å². The highest BCUT2D eigenvalue weighted by Gasteiger charge is 1.97. The lowest BCUT2D eigenvalue weighted by Gasteiger charge is -1.98. The van der Waals surface area contributed by atoms with E-state index in [0.29, 0.717) is 11.4 Å². The lowest BCUT2D eigenvalue weighted by Crippen LogP contribution is -1.92. The van der Waals surface area contributed by atoms with E-state index in [-0.39, 0.29) is 0 Å². The van der Waals surface area contributed by atoms with Crippen LogP contribution in [0.5, 0.6) is 0 Å². The largest absolute Gasteiger partial charge is 0.303 e. The number of pyridine rings is 1. The summed E-state index contributed by atoms with van der Waals surface area (Å²) in [6, 6.07) is 3.51. The topological polar surface area (TPSA) is 30.0 Å². The average Bonchev–Trinajstić information content (AvgIpc) is 1.98. The van der Waals surface area contributed by atoms with Crippen LogP contribution in [0.15, 0.2) is 12.1 Å². The second kappa shape index (κ2) is 3.49. The fourth-order valence-electron chi connectivity index (χ4n) is 0.795. The Morgan fingerprint density at radius 1 is 1.64 bits per heavy atom. The molecule has 1 aromatic rings. The molecule has 0 aliphatic heterocycles. The minimum absolute atomic E-state index is 0.359. The van der Waals surface area contributed by atoms with Crippen LogP contribution in [0.25, 0.3) is 0 Å². The van der Waals surface area contributed by atoms with E-state index < -0.39 is 0 Å². The van der Waals surface area contributed by atoms with E-state index in [9.17, 15) is 4.79 Å². The number of aldehydes is 1. The standard InChI is InChI=1S/C8H8ClNO/c1-6-8(9)3-2-7(10-6)4-5-11/h2-3,5H,4H2,1H3. The van der Waals surface area contributed by atoms with Gasteiger partial charge in [0, 0.05) is 12.1 Å². The summed E-state index contributed by atoms with van der Waals surface area (Å²) < 4.78 is 0. The Kier molecular flexibility index (Phi) is 2.60. The molecule has 1 rings (SSSR count). The van der Waals surface area contributed by atoms with Gasteiger partial charge >= 0.3 is 0 Å². The molecule has 3 heteroatoms. The normalized spacial score (nSPS) is 9.64. The molecule has 0 amide bonds. The summed E-state index contributed by atoms with van der Waals surface area (Å²) in [5.74, 6) is 0. The van der Waals surface area contributed by atoms with Crippen LogP contribution < -0.4 is 0 Å². The van der Waals surface area contributed by atoms with Gasteiger partial charge in [0.15, 0.2) is 0 Å².